The van der Waals surface area contributed by atoms with Crippen molar-refractivity contribution in [2.24, 2.45) is 0 Å². The summed E-state index contributed by atoms with van der Waals surface area (Å²) in [7, 11) is 1.29. The van der Waals surface area contributed by atoms with E-state index in [1.165, 1.54) is 77.0 Å². The number of carbonyl (C=O) groups excluding carboxylic acids is 1. The molecule has 0 heterocycles. The number of amides is 1. The van der Waals surface area contributed by atoms with Crippen LogP contribution in [0.1, 0.15) is 155 Å². The number of likely N-dealkylation sites (N-methyl/N-ethyl adjacent to an activating group) is 1. The quantitative estimate of drug-likeness (QED) is 0.0312. The maximum absolute atomic E-state index is 12.7. The van der Waals surface area contributed by atoms with Crippen molar-refractivity contribution in [3.8, 4) is 0 Å². The standard InChI is InChI=1S/C37H73N2O6P/c1-6-8-10-12-14-15-16-17-18-19-20-21-22-23-25-27-29-31-37(41)38-35(36(40)30-28-26-24-13-11-9-7-2)34-45-46(42,43)44-33-32-39(3,4)5/h14-15,17-18,35-36,40H,6-13,16,19-34H2,1-5H3,(H-,38,41,42,43)/b15-14-,18-17-. The minimum atomic E-state index is -4.55. The lowest BCUT2D eigenvalue weighted by Crippen LogP contribution is -2.46. The molecule has 0 aliphatic heterocycles. The second kappa shape index (κ2) is 30.1. The summed E-state index contributed by atoms with van der Waals surface area (Å²) in [6.45, 7) is 4.61. The number of nitrogens with one attached hydrogen (secondary N) is 1. The first-order chi connectivity index (χ1) is 22.0. The first-order valence-corrected chi connectivity index (χ1v) is 20.1. The second-order valence-corrected chi connectivity index (χ2v) is 15.3. The molecule has 0 bridgehead atoms. The lowest BCUT2D eigenvalue weighted by Gasteiger charge is -2.30. The second-order valence-electron chi connectivity index (χ2n) is 13.9. The molecule has 2 N–H and O–H groups in total. The van der Waals surface area contributed by atoms with Crippen LogP contribution < -0.4 is 10.2 Å². The van der Waals surface area contributed by atoms with E-state index in [-0.39, 0.29) is 19.1 Å². The minimum absolute atomic E-state index is 0.00998. The Morgan fingerprint density at radius 3 is 1.85 bits per heavy atom. The number of quaternary nitrogens is 1. The van der Waals surface area contributed by atoms with E-state index >= 15 is 0 Å². The Morgan fingerprint density at radius 1 is 0.761 bits per heavy atom. The number of nitrogens with zero attached hydrogens (tertiary/aromatic N) is 1. The van der Waals surface area contributed by atoms with Crippen LogP contribution in [0.25, 0.3) is 0 Å². The van der Waals surface area contributed by atoms with Gasteiger partial charge < -0.3 is 28.8 Å². The Bertz CT molecular complexity index is 814. The fraction of sp³-hybridized carbons (Fsp3) is 0.865. The molecule has 0 saturated heterocycles. The predicted octanol–water partition coefficient (Wildman–Crippen LogP) is 8.77. The highest BCUT2D eigenvalue weighted by atomic mass is 31.2. The number of carbonyl (C=O) groups is 1. The maximum Gasteiger partial charge on any atom is 0.268 e. The van der Waals surface area contributed by atoms with Crippen LogP contribution in [-0.4, -0.2) is 68.5 Å². The summed E-state index contributed by atoms with van der Waals surface area (Å²) in [6, 6.07) is -0.798. The van der Waals surface area contributed by atoms with Crippen LogP contribution in [-0.2, 0) is 18.4 Å². The molecule has 0 aromatic rings. The van der Waals surface area contributed by atoms with Crippen LogP contribution in [0.3, 0.4) is 0 Å². The fourth-order valence-electron chi connectivity index (χ4n) is 5.13. The van der Waals surface area contributed by atoms with Crippen LogP contribution in [0.5, 0.6) is 0 Å². The molecule has 0 fully saturated rings. The molecule has 0 aromatic carbocycles. The molecule has 46 heavy (non-hydrogen) atoms. The Morgan fingerprint density at radius 2 is 1.26 bits per heavy atom. The summed E-state index contributed by atoms with van der Waals surface area (Å²) in [6.07, 6.45) is 31.9. The Kier molecular flexibility index (Phi) is 29.4. The molecule has 0 aliphatic carbocycles. The highest BCUT2D eigenvalue weighted by molar-refractivity contribution is 7.45. The van der Waals surface area contributed by atoms with Crippen molar-refractivity contribution in [3.63, 3.8) is 0 Å². The van der Waals surface area contributed by atoms with Gasteiger partial charge in [-0.25, -0.2) is 0 Å². The number of unbranched alkanes of at least 4 members (excludes halogenated alkanes) is 16. The number of phosphoric acid groups is 1. The van der Waals surface area contributed by atoms with Crippen molar-refractivity contribution < 1.29 is 32.9 Å². The molecule has 0 aliphatic rings. The van der Waals surface area contributed by atoms with Crippen molar-refractivity contribution in [2.75, 3.05) is 40.9 Å². The molecular weight excluding hydrogens is 599 g/mol. The number of aliphatic hydroxyl groups excluding tert-OH is 1. The van der Waals surface area contributed by atoms with Crippen molar-refractivity contribution in [2.45, 2.75) is 167 Å². The zero-order valence-electron chi connectivity index (χ0n) is 30.5. The molecule has 0 spiro atoms. The van der Waals surface area contributed by atoms with E-state index in [1.807, 2.05) is 21.1 Å². The third-order valence-electron chi connectivity index (χ3n) is 8.19. The van der Waals surface area contributed by atoms with Crippen molar-refractivity contribution >= 4 is 13.7 Å². The van der Waals surface area contributed by atoms with Gasteiger partial charge in [-0.1, -0.05) is 128 Å². The SMILES string of the molecule is CCCCC/C=C\C/C=C\CCCCCCCCCC(=O)NC(COP(=O)([O-])OCC[N+](C)(C)C)C(O)CCCCCCCCC. The van der Waals surface area contributed by atoms with Crippen LogP contribution >= 0.6 is 7.82 Å². The number of rotatable bonds is 33. The van der Waals surface area contributed by atoms with E-state index in [4.69, 9.17) is 9.05 Å². The topological polar surface area (TPSA) is 108 Å². The summed E-state index contributed by atoms with van der Waals surface area (Å²) in [5, 5.41) is 13.7. The lowest BCUT2D eigenvalue weighted by atomic mass is 10.0. The molecule has 3 unspecified atom stereocenters. The monoisotopic (exact) mass is 673 g/mol. The van der Waals surface area contributed by atoms with Gasteiger partial charge in [-0.2, -0.15) is 0 Å². The Labute approximate surface area is 284 Å². The lowest BCUT2D eigenvalue weighted by molar-refractivity contribution is -0.870. The van der Waals surface area contributed by atoms with Crippen molar-refractivity contribution in [1.82, 2.24) is 5.32 Å². The molecule has 0 radical (unpaired) electrons. The van der Waals surface area contributed by atoms with Gasteiger partial charge in [-0.15, -0.1) is 0 Å². The van der Waals surface area contributed by atoms with E-state index in [1.54, 1.807) is 0 Å². The summed E-state index contributed by atoms with van der Waals surface area (Å²) >= 11 is 0. The molecule has 3 atom stereocenters. The predicted molar refractivity (Wildman–Crippen MR) is 192 cm³/mol. The average Bonchev–Trinajstić information content (AvgIpc) is 2.99. The van der Waals surface area contributed by atoms with Crippen molar-refractivity contribution in [1.29, 1.82) is 0 Å². The number of phosphoric ester groups is 1. The zero-order valence-corrected chi connectivity index (χ0v) is 31.4. The summed E-state index contributed by atoms with van der Waals surface area (Å²) < 4.78 is 23.0. The summed E-state index contributed by atoms with van der Waals surface area (Å²) in [5.74, 6) is -0.179. The number of aliphatic hydroxyl groups is 1. The molecule has 0 aromatic heterocycles. The molecule has 1 amide bonds. The van der Waals surface area contributed by atoms with Crippen LogP contribution in [0, 0.1) is 0 Å². The third kappa shape index (κ3) is 31.6. The number of hydrogen-bond acceptors (Lipinski definition) is 6. The molecular formula is C37H73N2O6P. The van der Waals surface area contributed by atoms with Gasteiger partial charge in [0, 0.05) is 6.42 Å². The largest absolute Gasteiger partial charge is 0.756 e. The third-order valence-corrected chi connectivity index (χ3v) is 9.16. The van der Waals surface area contributed by atoms with Crippen LogP contribution in [0.15, 0.2) is 24.3 Å². The zero-order chi connectivity index (χ0) is 34.4. The van der Waals surface area contributed by atoms with E-state index in [0.717, 1.165) is 51.4 Å². The van der Waals surface area contributed by atoms with Gasteiger partial charge >= 0.3 is 0 Å². The van der Waals surface area contributed by atoms with E-state index in [0.29, 0.717) is 23.9 Å². The molecule has 9 heteroatoms. The fourth-order valence-corrected chi connectivity index (χ4v) is 5.85. The smallest absolute Gasteiger partial charge is 0.268 e. The van der Waals surface area contributed by atoms with E-state index < -0.39 is 20.0 Å². The normalized spacial score (nSPS) is 15.0. The minimum Gasteiger partial charge on any atom is -0.756 e. The Balaban J connectivity index is 4.36. The van der Waals surface area contributed by atoms with Gasteiger partial charge in [0.1, 0.15) is 13.2 Å². The van der Waals surface area contributed by atoms with Gasteiger partial charge in [-0.3, -0.25) is 9.36 Å². The van der Waals surface area contributed by atoms with Crippen LogP contribution in [0.4, 0.5) is 0 Å². The summed E-state index contributed by atoms with van der Waals surface area (Å²) in [5.41, 5.74) is 0. The van der Waals surface area contributed by atoms with Gasteiger partial charge in [-0.05, 0) is 44.9 Å². The average molecular weight is 673 g/mol. The Hall–Kier alpha value is -1.02. The number of hydrogen-bond donors (Lipinski definition) is 2. The molecule has 8 nitrogen and oxygen atoms in total. The highest BCUT2D eigenvalue weighted by Crippen LogP contribution is 2.38. The van der Waals surface area contributed by atoms with Crippen molar-refractivity contribution in [3.05, 3.63) is 24.3 Å². The van der Waals surface area contributed by atoms with Gasteiger partial charge in [0.2, 0.25) is 5.91 Å². The van der Waals surface area contributed by atoms with Gasteiger partial charge in [0.05, 0.1) is 39.9 Å². The summed E-state index contributed by atoms with van der Waals surface area (Å²) in [4.78, 5) is 25.1. The molecule has 272 valence electrons. The first-order valence-electron chi connectivity index (χ1n) is 18.7. The highest BCUT2D eigenvalue weighted by Gasteiger charge is 2.24. The van der Waals surface area contributed by atoms with E-state index in [9.17, 15) is 19.4 Å². The van der Waals surface area contributed by atoms with E-state index in [2.05, 4.69) is 43.5 Å². The van der Waals surface area contributed by atoms with Gasteiger partial charge in [0.25, 0.3) is 7.82 Å². The van der Waals surface area contributed by atoms with Gasteiger partial charge in [0.15, 0.2) is 0 Å². The molecule has 0 saturated carbocycles. The maximum atomic E-state index is 12.7. The first kappa shape index (κ1) is 45.0. The molecule has 0 rings (SSSR count). The number of allylic oxidation sites excluding steroid dienone is 4. The van der Waals surface area contributed by atoms with Crippen LogP contribution in [0.2, 0.25) is 0 Å².